The minimum Gasteiger partial charge on any atom is -0.497 e. The summed E-state index contributed by atoms with van der Waals surface area (Å²) in [5.41, 5.74) is 2.61. The molecule has 2 saturated heterocycles. The summed E-state index contributed by atoms with van der Waals surface area (Å²) in [6.45, 7) is 2.13. The maximum Gasteiger partial charge on any atom is 0.319 e. The molecule has 0 radical (unpaired) electrons. The number of benzene rings is 1. The van der Waals surface area contributed by atoms with Gasteiger partial charge in [-0.15, -0.1) is 0 Å². The van der Waals surface area contributed by atoms with Gasteiger partial charge in [0.15, 0.2) is 0 Å². The van der Waals surface area contributed by atoms with Gasteiger partial charge in [0.05, 0.1) is 14.2 Å². The third-order valence-corrected chi connectivity index (χ3v) is 7.34. The third-order valence-electron chi connectivity index (χ3n) is 7.34. The van der Waals surface area contributed by atoms with Gasteiger partial charge in [-0.3, -0.25) is 9.69 Å². The Morgan fingerprint density at radius 2 is 2.25 bits per heavy atom. The van der Waals surface area contributed by atoms with E-state index in [4.69, 9.17) is 9.47 Å². The minimum atomic E-state index is -0.687. The van der Waals surface area contributed by atoms with Crippen molar-refractivity contribution in [1.82, 2.24) is 9.88 Å². The van der Waals surface area contributed by atoms with Crippen LogP contribution in [0.15, 0.2) is 18.2 Å². The van der Waals surface area contributed by atoms with E-state index in [9.17, 15) is 9.90 Å². The van der Waals surface area contributed by atoms with Crippen LogP contribution in [0.25, 0.3) is 10.9 Å². The first-order valence-electron chi connectivity index (χ1n) is 10.2. The van der Waals surface area contributed by atoms with Crippen LogP contribution in [0.4, 0.5) is 0 Å². The highest BCUT2D eigenvalue weighted by Gasteiger charge is 2.62. The lowest BCUT2D eigenvalue weighted by Crippen LogP contribution is -2.67. The van der Waals surface area contributed by atoms with Crippen molar-refractivity contribution in [2.75, 3.05) is 33.9 Å². The number of fused-ring (bicyclic) bond motifs is 4. The SMILES string of the molecule is COC(=O)[C@@]12C[C@@H]3CC(CCO)[C@@H]1N(CCc1c2[nH]c2ccc(OC)cc12)C3. The lowest BCUT2D eigenvalue weighted by atomic mass is 9.56. The van der Waals surface area contributed by atoms with Gasteiger partial charge >= 0.3 is 5.97 Å². The Balaban J connectivity index is 1.76. The second-order valence-electron chi connectivity index (χ2n) is 8.62. The Kier molecular flexibility index (Phi) is 4.18. The van der Waals surface area contributed by atoms with Crippen molar-refractivity contribution < 1.29 is 19.4 Å². The summed E-state index contributed by atoms with van der Waals surface area (Å²) in [5.74, 6) is 1.45. The summed E-state index contributed by atoms with van der Waals surface area (Å²) >= 11 is 0. The Bertz CT molecular complexity index is 923. The number of aliphatic hydroxyl groups is 1. The molecule has 4 aliphatic rings. The third kappa shape index (κ3) is 2.31. The van der Waals surface area contributed by atoms with Gasteiger partial charge < -0.3 is 19.6 Å². The van der Waals surface area contributed by atoms with Crippen molar-refractivity contribution in [2.45, 2.75) is 37.1 Å². The molecule has 1 aromatic carbocycles. The normalized spacial score (nSPS) is 33.4. The first-order valence-corrected chi connectivity index (χ1v) is 10.2. The van der Waals surface area contributed by atoms with E-state index in [1.54, 1.807) is 7.11 Å². The quantitative estimate of drug-likeness (QED) is 0.791. The fourth-order valence-electron chi connectivity index (χ4n) is 6.47. The summed E-state index contributed by atoms with van der Waals surface area (Å²) in [6, 6.07) is 6.14. The number of nitrogens with one attached hydrogen (secondary N) is 1. The minimum absolute atomic E-state index is 0.0771. The summed E-state index contributed by atoms with van der Waals surface area (Å²) in [6.07, 6.45) is 3.54. The molecule has 5 atom stereocenters. The maximum atomic E-state index is 13.4. The van der Waals surface area contributed by atoms with Crippen molar-refractivity contribution >= 4 is 16.9 Å². The van der Waals surface area contributed by atoms with E-state index in [2.05, 4.69) is 16.0 Å². The first-order chi connectivity index (χ1) is 13.6. The molecule has 6 heteroatoms. The van der Waals surface area contributed by atoms with Gasteiger partial charge in [0.2, 0.25) is 0 Å². The zero-order valence-corrected chi connectivity index (χ0v) is 16.5. The predicted octanol–water partition coefficient (Wildman–Crippen LogP) is 2.24. The molecule has 150 valence electrons. The number of esters is 1. The molecule has 6 nitrogen and oxygen atoms in total. The highest BCUT2D eigenvalue weighted by atomic mass is 16.5. The smallest absolute Gasteiger partial charge is 0.319 e. The largest absolute Gasteiger partial charge is 0.497 e. The van der Waals surface area contributed by atoms with Gasteiger partial charge in [-0.25, -0.2) is 0 Å². The number of hydrogen-bond donors (Lipinski definition) is 2. The lowest BCUT2D eigenvalue weighted by Gasteiger charge is -2.57. The van der Waals surface area contributed by atoms with Crippen molar-refractivity contribution in [3.8, 4) is 5.75 Å². The number of nitrogens with zero attached hydrogens (tertiary/aromatic N) is 1. The van der Waals surface area contributed by atoms with Gasteiger partial charge in [0, 0.05) is 42.3 Å². The highest BCUT2D eigenvalue weighted by Crippen LogP contribution is 2.55. The van der Waals surface area contributed by atoms with Crippen molar-refractivity contribution in [3.63, 3.8) is 0 Å². The second kappa shape index (κ2) is 6.49. The van der Waals surface area contributed by atoms with Gasteiger partial charge in [-0.2, -0.15) is 0 Å². The maximum absolute atomic E-state index is 13.4. The topological polar surface area (TPSA) is 74.8 Å². The molecule has 3 fully saturated rings. The van der Waals surface area contributed by atoms with E-state index in [0.717, 1.165) is 61.1 Å². The van der Waals surface area contributed by atoms with Gasteiger partial charge in [0.25, 0.3) is 0 Å². The van der Waals surface area contributed by atoms with Gasteiger partial charge in [0.1, 0.15) is 11.2 Å². The number of carbonyl (C=O) groups is 1. The van der Waals surface area contributed by atoms with Gasteiger partial charge in [-0.1, -0.05) is 0 Å². The van der Waals surface area contributed by atoms with Crippen LogP contribution in [0.2, 0.25) is 0 Å². The molecule has 1 saturated carbocycles. The number of aromatic amines is 1. The van der Waals surface area contributed by atoms with Crippen LogP contribution >= 0.6 is 0 Å². The van der Waals surface area contributed by atoms with Crippen LogP contribution in [0.5, 0.6) is 5.75 Å². The van der Waals surface area contributed by atoms with Gasteiger partial charge in [-0.05, 0) is 61.3 Å². The first kappa shape index (κ1) is 18.0. The van der Waals surface area contributed by atoms with Crippen molar-refractivity contribution in [1.29, 1.82) is 0 Å². The van der Waals surface area contributed by atoms with Crippen LogP contribution in [0.1, 0.15) is 30.5 Å². The van der Waals surface area contributed by atoms with E-state index in [-0.39, 0.29) is 18.6 Å². The van der Waals surface area contributed by atoms with E-state index in [0.29, 0.717) is 11.8 Å². The summed E-state index contributed by atoms with van der Waals surface area (Å²) in [5, 5.41) is 10.8. The molecule has 1 aromatic heterocycles. The summed E-state index contributed by atoms with van der Waals surface area (Å²) < 4.78 is 10.9. The predicted molar refractivity (Wildman–Crippen MR) is 106 cm³/mol. The Morgan fingerprint density at radius 1 is 1.39 bits per heavy atom. The molecular formula is C22H28N2O4. The zero-order chi connectivity index (χ0) is 19.5. The van der Waals surface area contributed by atoms with Crippen molar-refractivity contribution in [3.05, 3.63) is 29.5 Å². The molecule has 4 bridgehead atoms. The summed E-state index contributed by atoms with van der Waals surface area (Å²) in [7, 11) is 3.18. The average molecular weight is 384 g/mol. The van der Waals surface area contributed by atoms with Crippen LogP contribution in [0.3, 0.4) is 0 Å². The monoisotopic (exact) mass is 384 g/mol. The molecule has 2 N–H and O–H groups in total. The molecule has 4 heterocycles. The molecule has 6 rings (SSSR count). The standard InChI is InChI=1S/C22H28N2O4/c1-27-15-3-4-18-17(10-15)16-5-7-24-12-13-9-14(6-8-25)20(24)22(11-13,19(16)23-18)21(26)28-2/h3-4,10,13-14,20,23,25H,5-9,11-12H2,1-2H3/t13-,14?,20-,22+/m0/s1. The van der Waals surface area contributed by atoms with Crippen LogP contribution in [-0.4, -0.2) is 60.9 Å². The fourth-order valence-corrected chi connectivity index (χ4v) is 6.47. The summed E-state index contributed by atoms with van der Waals surface area (Å²) in [4.78, 5) is 19.5. The van der Waals surface area contributed by atoms with Crippen LogP contribution in [0, 0.1) is 11.8 Å². The highest BCUT2D eigenvalue weighted by molar-refractivity contribution is 5.92. The van der Waals surface area contributed by atoms with E-state index in [1.165, 1.54) is 12.7 Å². The molecule has 1 aliphatic carbocycles. The molecule has 3 aliphatic heterocycles. The van der Waals surface area contributed by atoms with Crippen LogP contribution in [-0.2, 0) is 21.4 Å². The second-order valence-corrected chi connectivity index (χ2v) is 8.62. The fraction of sp³-hybridized carbons (Fsp3) is 0.591. The average Bonchev–Trinajstić information content (AvgIpc) is 3.05. The number of aromatic nitrogens is 1. The number of hydrogen-bond acceptors (Lipinski definition) is 5. The Labute approximate surface area is 164 Å². The molecule has 0 spiro atoms. The van der Waals surface area contributed by atoms with Crippen molar-refractivity contribution in [2.24, 2.45) is 11.8 Å². The molecule has 0 amide bonds. The van der Waals surface area contributed by atoms with E-state index in [1.807, 2.05) is 12.1 Å². The number of piperidine rings is 2. The van der Waals surface area contributed by atoms with Crippen LogP contribution < -0.4 is 4.74 Å². The Hall–Kier alpha value is -2.05. The molecular weight excluding hydrogens is 356 g/mol. The number of aliphatic hydroxyl groups excluding tert-OH is 1. The van der Waals surface area contributed by atoms with E-state index >= 15 is 0 Å². The number of carbonyl (C=O) groups excluding carboxylic acids is 1. The lowest BCUT2D eigenvalue weighted by molar-refractivity contribution is -0.162. The molecule has 2 aromatic rings. The number of methoxy groups -OCH3 is 2. The number of H-pyrrole nitrogens is 1. The molecule has 2 unspecified atom stereocenters. The number of rotatable bonds is 4. The zero-order valence-electron chi connectivity index (χ0n) is 16.5. The molecule has 28 heavy (non-hydrogen) atoms. The van der Waals surface area contributed by atoms with E-state index < -0.39 is 5.41 Å². The number of ether oxygens (including phenoxy) is 2. The Morgan fingerprint density at radius 3 is 3.00 bits per heavy atom.